The van der Waals surface area contributed by atoms with Crippen molar-refractivity contribution in [3.8, 4) is 11.5 Å². The summed E-state index contributed by atoms with van der Waals surface area (Å²) in [5.74, 6) is 0.310. The molecule has 0 aliphatic carbocycles. The summed E-state index contributed by atoms with van der Waals surface area (Å²) in [6.45, 7) is 2.41. The maximum atomic E-state index is 10.9. The number of benzene rings is 1. The zero-order chi connectivity index (χ0) is 14.8. The lowest BCUT2D eigenvalue weighted by Gasteiger charge is -2.12. The Morgan fingerprint density at radius 2 is 2.29 bits per heavy atom. The highest BCUT2D eigenvalue weighted by molar-refractivity contribution is 5.87. The highest BCUT2D eigenvalue weighted by Crippen LogP contribution is 2.29. The number of fused-ring (bicyclic) bond motifs is 1. The molecule has 5 nitrogen and oxygen atoms in total. The van der Waals surface area contributed by atoms with Crippen molar-refractivity contribution in [2.45, 2.75) is 19.4 Å². The van der Waals surface area contributed by atoms with E-state index in [4.69, 9.17) is 14.6 Å². The van der Waals surface area contributed by atoms with Crippen molar-refractivity contribution >= 4 is 5.97 Å². The van der Waals surface area contributed by atoms with Crippen molar-refractivity contribution in [1.29, 1.82) is 0 Å². The molecule has 1 unspecified atom stereocenters. The molecule has 1 aromatic carbocycles. The van der Waals surface area contributed by atoms with Crippen LogP contribution in [-0.4, -0.2) is 28.8 Å². The van der Waals surface area contributed by atoms with Gasteiger partial charge in [-0.2, -0.15) is 0 Å². The van der Waals surface area contributed by atoms with Crippen LogP contribution in [0, 0.1) is 6.92 Å². The number of hydrogen-bond acceptors (Lipinski definition) is 4. The van der Waals surface area contributed by atoms with E-state index in [1.807, 2.05) is 19.1 Å². The first-order valence-corrected chi connectivity index (χ1v) is 6.69. The third-order valence-electron chi connectivity index (χ3n) is 3.35. The van der Waals surface area contributed by atoms with Gasteiger partial charge in [-0.15, -0.1) is 0 Å². The average Bonchev–Trinajstić information content (AvgIpc) is 2.87. The summed E-state index contributed by atoms with van der Waals surface area (Å²) >= 11 is 0. The minimum Gasteiger partial charge on any atom is -0.488 e. The lowest BCUT2D eigenvalue weighted by Crippen LogP contribution is -2.22. The number of ether oxygens (including phenoxy) is 2. The van der Waals surface area contributed by atoms with Gasteiger partial charge in [0.15, 0.2) is 0 Å². The first kappa shape index (κ1) is 13.4. The summed E-state index contributed by atoms with van der Waals surface area (Å²) in [6, 6.07) is 7.56. The van der Waals surface area contributed by atoms with Crippen LogP contribution in [0.1, 0.15) is 21.5 Å². The summed E-state index contributed by atoms with van der Waals surface area (Å²) in [5, 5.41) is 8.91. The van der Waals surface area contributed by atoms with Crippen molar-refractivity contribution in [2.24, 2.45) is 0 Å². The number of carbonyl (C=O) groups is 1. The highest BCUT2D eigenvalue weighted by atomic mass is 16.5. The van der Waals surface area contributed by atoms with E-state index < -0.39 is 5.97 Å². The molecule has 108 valence electrons. The SMILES string of the molecule is Cc1ccc2c(c1)CC(COc1cncc(C(=O)O)c1)O2. The van der Waals surface area contributed by atoms with E-state index in [0.29, 0.717) is 12.4 Å². The fraction of sp³-hybridized carbons (Fsp3) is 0.250. The fourth-order valence-corrected chi connectivity index (χ4v) is 2.35. The lowest BCUT2D eigenvalue weighted by atomic mass is 10.1. The second kappa shape index (κ2) is 5.44. The number of aromatic nitrogens is 1. The van der Waals surface area contributed by atoms with Crippen LogP contribution < -0.4 is 9.47 Å². The van der Waals surface area contributed by atoms with E-state index in [0.717, 1.165) is 12.2 Å². The highest BCUT2D eigenvalue weighted by Gasteiger charge is 2.23. The average molecular weight is 285 g/mol. The van der Waals surface area contributed by atoms with Crippen molar-refractivity contribution in [2.75, 3.05) is 6.61 Å². The zero-order valence-corrected chi connectivity index (χ0v) is 11.6. The van der Waals surface area contributed by atoms with E-state index in [9.17, 15) is 4.79 Å². The summed E-state index contributed by atoms with van der Waals surface area (Å²) in [6.07, 6.45) is 3.53. The standard InChI is InChI=1S/C16H15NO4/c1-10-2-3-15-11(4-10)5-14(21-15)9-20-13-6-12(16(18)19)7-17-8-13/h2-4,6-8,14H,5,9H2,1H3,(H,18,19). The van der Waals surface area contributed by atoms with Crippen LogP contribution in [0.5, 0.6) is 11.5 Å². The van der Waals surface area contributed by atoms with Crippen molar-refractivity contribution < 1.29 is 19.4 Å². The molecule has 0 amide bonds. The summed E-state index contributed by atoms with van der Waals surface area (Å²) in [7, 11) is 0. The second-order valence-corrected chi connectivity index (χ2v) is 5.08. The number of aryl methyl sites for hydroxylation is 1. The molecule has 2 aromatic rings. The van der Waals surface area contributed by atoms with E-state index >= 15 is 0 Å². The molecule has 1 aliphatic rings. The van der Waals surface area contributed by atoms with Gasteiger partial charge in [0.25, 0.3) is 0 Å². The van der Waals surface area contributed by atoms with Crippen LogP contribution in [0.2, 0.25) is 0 Å². The maximum absolute atomic E-state index is 10.9. The molecule has 0 radical (unpaired) electrons. The van der Waals surface area contributed by atoms with Gasteiger partial charge < -0.3 is 14.6 Å². The molecular formula is C16H15NO4. The molecule has 21 heavy (non-hydrogen) atoms. The molecule has 3 rings (SSSR count). The second-order valence-electron chi connectivity index (χ2n) is 5.08. The van der Waals surface area contributed by atoms with Gasteiger partial charge in [-0.05, 0) is 24.6 Å². The van der Waals surface area contributed by atoms with E-state index in [1.165, 1.54) is 29.6 Å². The fourth-order valence-electron chi connectivity index (χ4n) is 2.35. The first-order valence-electron chi connectivity index (χ1n) is 6.69. The topological polar surface area (TPSA) is 68.7 Å². The molecular weight excluding hydrogens is 270 g/mol. The Hall–Kier alpha value is -2.56. The minimum atomic E-state index is -1.02. The molecule has 1 aromatic heterocycles. The van der Waals surface area contributed by atoms with Crippen molar-refractivity contribution in [3.05, 3.63) is 53.3 Å². The first-order chi connectivity index (χ1) is 10.1. The number of nitrogens with zero attached hydrogens (tertiary/aromatic N) is 1. The van der Waals surface area contributed by atoms with Gasteiger partial charge in [0.2, 0.25) is 0 Å². The number of rotatable bonds is 4. The van der Waals surface area contributed by atoms with Crippen LogP contribution in [0.25, 0.3) is 0 Å². The van der Waals surface area contributed by atoms with Crippen LogP contribution in [0.4, 0.5) is 0 Å². The van der Waals surface area contributed by atoms with Gasteiger partial charge in [0.1, 0.15) is 24.2 Å². The van der Waals surface area contributed by atoms with E-state index in [1.54, 1.807) is 0 Å². The predicted molar refractivity (Wildman–Crippen MR) is 76.0 cm³/mol. The molecule has 0 fully saturated rings. The summed E-state index contributed by atoms with van der Waals surface area (Å²) < 4.78 is 11.4. The van der Waals surface area contributed by atoms with Gasteiger partial charge >= 0.3 is 5.97 Å². The Labute approximate surface area is 122 Å². The monoisotopic (exact) mass is 285 g/mol. The number of aromatic carboxylic acids is 1. The molecule has 2 heterocycles. The minimum absolute atomic E-state index is 0.0599. The molecule has 0 saturated carbocycles. The van der Waals surface area contributed by atoms with E-state index in [2.05, 4.69) is 11.1 Å². The van der Waals surface area contributed by atoms with Crippen LogP contribution in [-0.2, 0) is 6.42 Å². The predicted octanol–water partition coefficient (Wildman–Crippen LogP) is 2.47. The van der Waals surface area contributed by atoms with Gasteiger partial charge in [0, 0.05) is 12.6 Å². The largest absolute Gasteiger partial charge is 0.488 e. The quantitative estimate of drug-likeness (QED) is 0.934. The number of pyridine rings is 1. The molecule has 1 aliphatic heterocycles. The van der Waals surface area contributed by atoms with Gasteiger partial charge in [-0.25, -0.2) is 4.79 Å². The van der Waals surface area contributed by atoms with Crippen molar-refractivity contribution in [3.63, 3.8) is 0 Å². The third-order valence-corrected chi connectivity index (χ3v) is 3.35. The number of carboxylic acid groups (broad SMARTS) is 1. The lowest BCUT2D eigenvalue weighted by molar-refractivity contribution is 0.0695. The molecule has 5 heteroatoms. The van der Waals surface area contributed by atoms with Crippen LogP contribution in [0.3, 0.4) is 0 Å². The Kier molecular flexibility index (Phi) is 3.48. The molecule has 0 saturated heterocycles. The molecule has 1 atom stereocenters. The summed E-state index contributed by atoms with van der Waals surface area (Å²) in [4.78, 5) is 14.7. The number of hydrogen-bond donors (Lipinski definition) is 1. The molecule has 1 N–H and O–H groups in total. The molecule has 0 spiro atoms. The Bertz CT molecular complexity index is 684. The third kappa shape index (κ3) is 2.97. The zero-order valence-electron chi connectivity index (χ0n) is 11.6. The van der Waals surface area contributed by atoms with E-state index in [-0.39, 0.29) is 11.7 Å². The Morgan fingerprint density at radius 3 is 3.10 bits per heavy atom. The summed E-state index contributed by atoms with van der Waals surface area (Å²) in [5.41, 5.74) is 2.50. The molecule has 0 bridgehead atoms. The normalized spacial score (nSPS) is 16.1. The van der Waals surface area contributed by atoms with Crippen molar-refractivity contribution in [1.82, 2.24) is 4.98 Å². The Balaban J connectivity index is 1.62. The smallest absolute Gasteiger partial charge is 0.337 e. The number of carboxylic acids is 1. The van der Waals surface area contributed by atoms with Gasteiger partial charge in [0.05, 0.1) is 11.8 Å². The maximum Gasteiger partial charge on any atom is 0.337 e. The van der Waals surface area contributed by atoms with Crippen LogP contribution in [0.15, 0.2) is 36.7 Å². The van der Waals surface area contributed by atoms with Gasteiger partial charge in [-0.3, -0.25) is 4.98 Å². The Morgan fingerprint density at radius 1 is 1.43 bits per heavy atom. The van der Waals surface area contributed by atoms with Crippen LogP contribution >= 0.6 is 0 Å². The van der Waals surface area contributed by atoms with Gasteiger partial charge in [-0.1, -0.05) is 17.7 Å².